The lowest BCUT2D eigenvalue weighted by molar-refractivity contribution is 0.318. The Hall–Kier alpha value is -1.03. The Bertz CT molecular complexity index is 314. The molecule has 1 rings (SSSR count). The van der Waals surface area contributed by atoms with Gasteiger partial charge in [0.15, 0.2) is 5.84 Å². The van der Waals surface area contributed by atoms with Crippen LogP contribution in [0.25, 0.3) is 0 Å². The minimum absolute atomic E-state index is 0.117. The molecule has 13 heavy (non-hydrogen) atoms. The summed E-state index contributed by atoms with van der Waals surface area (Å²) in [5.74, 6) is 0.117. The normalized spacial score (nSPS) is 28.5. The van der Waals surface area contributed by atoms with Gasteiger partial charge in [-0.1, -0.05) is 51.5 Å². The average molecular weight is 243 g/mol. The number of oxime groups is 1. The second kappa shape index (κ2) is 3.79. The number of nitrogens with two attached hydrogens (primary N) is 1. The highest BCUT2D eigenvalue weighted by atomic mass is 79.9. The van der Waals surface area contributed by atoms with Gasteiger partial charge in [0.25, 0.3) is 0 Å². The second-order valence-electron chi connectivity index (χ2n) is 2.95. The molecule has 4 heteroatoms. The second-order valence-corrected chi connectivity index (χ2v) is 4.66. The minimum atomic E-state index is -0.166. The Morgan fingerprint density at radius 1 is 1.62 bits per heavy atom. The number of alkyl halides is 1. The first-order valence-corrected chi connectivity index (χ1v) is 4.60. The van der Waals surface area contributed by atoms with Gasteiger partial charge in [-0.05, 0) is 6.92 Å². The van der Waals surface area contributed by atoms with Gasteiger partial charge in [0, 0.05) is 5.57 Å². The van der Waals surface area contributed by atoms with Gasteiger partial charge in [-0.3, -0.25) is 0 Å². The molecule has 0 saturated heterocycles. The Morgan fingerprint density at radius 2 is 2.31 bits per heavy atom. The third-order valence-corrected chi connectivity index (χ3v) is 2.22. The van der Waals surface area contributed by atoms with E-state index in [0.717, 1.165) is 0 Å². The molecule has 0 aromatic carbocycles. The lowest BCUT2D eigenvalue weighted by atomic mass is 10.1. The Morgan fingerprint density at radius 3 is 2.92 bits per heavy atom. The van der Waals surface area contributed by atoms with Crippen LogP contribution >= 0.6 is 15.9 Å². The molecule has 70 valence electrons. The molecule has 0 aromatic heterocycles. The molecular formula is C9H11BrN2O. The molecule has 3 nitrogen and oxygen atoms in total. The molecule has 0 saturated carbocycles. The number of hydrogen-bond acceptors (Lipinski definition) is 2. The van der Waals surface area contributed by atoms with E-state index in [2.05, 4.69) is 21.1 Å². The van der Waals surface area contributed by atoms with Gasteiger partial charge in [0.05, 0.1) is 4.32 Å². The van der Waals surface area contributed by atoms with Crippen LogP contribution in [0, 0.1) is 0 Å². The monoisotopic (exact) mass is 242 g/mol. The molecule has 3 N–H and O–H groups in total. The molecular weight excluding hydrogens is 232 g/mol. The van der Waals surface area contributed by atoms with E-state index >= 15 is 0 Å². The first-order valence-electron chi connectivity index (χ1n) is 3.81. The zero-order valence-corrected chi connectivity index (χ0v) is 8.82. The summed E-state index contributed by atoms with van der Waals surface area (Å²) in [5.41, 5.74) is 6.13. The van der Waals surface area contributed by atoms with Crippen LogP contribution in [-0.2, 0) is 0 Å². The van der Waals surface area contributed by atoms with E-state index in [4.69, 9.17) is 10.9 Å². The van der Waals surface area contributed by atoms with Gasteiger partial charge in [0.2, 0.25) is 0 Å². The van der Waals surface area contributed by atoms with Crippen LogP contribution in [0.1, 0.15) is 6.92 Å². The van der Waals surface area contributed by atoms with Crippen molar-refractivity contribution in [3.8, 4) is 0 Å². The number of hydrogen-bond donors (Lipinski definition) is 2. The fourth-order valence-corrected chi connectivity index (χ4v) is 1.22. The smallest absolute Gasteiger partial charge is 0.170 e. The average Bonchev–Trinajstić information content (AvgIpc) is 2.25. The van der Waals surface area contributed by atoms with Crippen molar-refractivity contribution in [2.45, 2.75) is 11.2 Å². The molecule has 0 radical (unpaired) electrons. The highest BCUT2D eigenvalue weighted by molar-refractivity contribution is 9.10. The van der Waals surface area contributed by atoms with Gasteiger partial charge in [-0.2, -0.15) is 0 Å². The fourth-order valence-electron chi connectivity index (χ4n) is 0.932. The molecule has 0 fully saturated rings. The van der Waals surface area contributed by atoms with Crippen LogP contribution in [0.5, 0.6) is 0 Å². The van der Waals surface area contributed by atoms with E-state index in [-0.39, 0.29) is 10.2 Å². The van der Waals surface area contributed by atoms with Crippen molar-refractivity contribution >= 4 is 21.8 Å². The zero-order valence-electron chi connectivity index (χ0n) is 7.24. The molecule has 0 bridgehead atoms. The maximum Gasteiger partial charge on any atom is 0.170 e. The van der Waals surface area contributed by atoms with Crippen LogP contribution in [0.2, 0.25) is 0 Å². The molecule has 0 aliphatic heterocycles. The number of nitrogens with zero attached hydrogens (tertiary/aromatic N) is 1. The van der Waals surface area contributed by atoms with Gasteiger partial charge in [0.1, 0.15) is 0 Å². The fraction of sp³-hybridized carbons (Fsp3) is 0.222. The maximum absolute atomic E-state index is 8.46. The number of allylic oxidation sites excluding steroid dienone is 4. The van der Waals surface area contributed by atoms with E-state index in [1.54, 1.807) is 6.08 Å². The summed E-state index contributed by atoms with van der Waals surface area (Å²) < 4.78 is -0.166. The maximum atomic E-state index is 8.46. The summed E-state index contributed by atoms with van der Waals surface area (Å²) in [4.78, 5) is 0. The van der Waals surface area contributed by atoms with E-state index in [1.165, 1.54) is 0 Å². The van der Waals surface area contributed by atoms with Crippen LogP contribution in [0.15, 0.2) is 41.1 Å². The van der Waals surface area contributed by atoms with Crippen molar-refractivity contribution in [1.29, 1.82) is 0 Å². The quantitative estimate of drug-likeness (QED) is 0.243. The molecule has 1 unspecified atom stereocenters. The topological polar surface area (TPSA) is 58.6 Å². The summed E-state index contributed by atoms with van der Waals surface area (Å²) >= 11 is 3.49. The third-order valence-electron chi connectivity index (χ3n) is 1.69. The van der Waals surface area contributed by atoms with Gasteiger partial charge in [-0.15, -0.1) is 0 Å². The van der Waals surface area contributed by atoms with Crippen LogP contribution in [-0.4, -0.2) is 15.4 Å². The van der Waals surface area contributed by atoms with E-state index in [1.807, 2.05) is 31.2 Å². The van der Waals surface area contributed by atoms with Crippen molar-refractivity contribution in [3.05, 3.63) is 36.0 Å². The van der Waals surface area contributed by atoms with Crippen molar-refractivity contribution in [2.24, 2.45) is 10.9 Å². The SMILES string of the molecule is CC1(Br)C=CC=C(/C(N)=N/O)C=C1. The lowest BCUT2D eigenvalue weighted by Gasteiger charge is -2.09. The van der Waals surface area contributed by atoms with Crippen molar-refractivity contribution < 1.29 is 5.21 Å². The predicted octanol–water partition coefficient (Wildman–Crippen LogP) is 1.94. The van der Waals surface area contributed by atoms with Crippen LogP contribution < -0.4 is 5.73 Å². The van der Waals surface area contributed by atoms with E-state index in [9.17, 15) is 0 Å². The summed E-state index contributed by atoms with van der Waals surface area (Å²) in [6, 6.07) is 0. The van der Waals surface area contributed by atoms with Gasteiger partial charge < -0.3 is 10.9 Å². The first-order chi connectivity index (χ1) is 6.05. The Balaban J connectivity index is 2.95. The Kier molecular flexibility index (Phi) is 2.93. The van der Waals surface area contributed by atoms with Crippen molar-refractivity contribution in [1.82, 2.24) is 0 Å². The van der Waals surface area contributed by atoms with Crippen LogP contribution in [0.3, 0.4) is 0 Å². The van der Waals surface area contributed by atoms with Gasteiger partial charge in [-0.25, -0.2) is 0 Å². The predicted molar refractivity (Wildman–Crippen MR) is 57.1 cm³/mol. The molecule has 1 aliphatic carbocycles. The first kappa shape index (κ1) is 10.1. The van der Waals surface area contributed by atoms with E-state index < -0.39 is 0 Å². The Labute approximate surface area is 85.4 Å². The minimum Gasteiger partial charge on any atom is -0.409 e. The number of halogens is 1. The molecule has 0 heterocycles. The van der Waals surface area contributed by atoms with Crippen LogP contribution in [0.4, 0.5) is 0 Å². The molecule has 0 spiro atoms. The van der Waals surface area contributed by atoms with Crippen molar-refractivity contribution in [2.75, 3.05) is 0 Å². The molecule has 0 aromatic rings. The summed E-state index contributed by atoms with van der Waals surface area (Å²) in [5, 5.41) is 11.4. The van der Waals surface area contributed by atoms with Gasteiger partial charge >= 0.3 is 0 Å². The zero-order chi connectivity index (χ0) is 9.90. The molecule has 0 amide bonds. The lowest BCUT2D eigenvalue weighted by Crippen LogP contribution is -2.13. The largest absolute Gasteiger partial charge is 0.409 e. The summed E-state index contributed by atoms with van der Waals surface area (Å²) in [6.45, 7) is 2.00. The third kappa shape index (κ3) is 2.73. The van der Waals surface area contributed by atoms with E-state index in [0.29, 0.717) is 5.57 Å². The standard InChI is InChI=1S/C9H11BrN2O/c1-9(10)5-2-3-7(4-6-9)8(11)12-13/h2-6,13H,1H3,(H2,11,12). The summed E-state index contributed by atoms with van der Waals surface area (Å²) in [6.07, 6.45) is 9.37. The highest BCUT2D eigenvalue weighted by Crippen LogP contribution is 2.23. The van der Waals surface area contributed by atoms with Crippen molar-refractivity contribution in [3.63, 3.8) is 0 Å². The number of rotatable bonds is 1. The number of amidine groups is 1. The molecule has 1 atom stereocenters. The summed E-state index contributed by atoms with van der Waals surface area (Å²) in [7, 11) is 0. The molecule has 1 aliphatic rings. The highest BCUT2D eigenvalue weighted by Gasteiger charge is 2.13.